The molecule has 2 aromatic rings. The number of aryl methyl sites for hydroxylation is 1. The molecule has 2 nitrogen and oxygen atoms in total. The van der Waals surface area contributed by atoms with Gasteiger partial charge in [0.25, 0.3) is 0 Å². The normalized spacial score (nSPS) is 10.7. The second-order valence-corrected chi connectivity index (χ2v) is 5.24. The Bertz CT molecular complexity index is 555. The zero-order chi connectivity index (χ0) is 13.1. The minimum absolute atomic E-state index is 0.0583. The van der Waals surface area contributed by atoms with Gasteiger partial charge in [-0.2, -0.15) is 11.3 Å². The van der Waals surface area contributed by atoms with Gasteiger partial charge >= 0.3 is 0 Å². The van der Waals surface area contributed by atoms with Crippen LogP contribution in [-0.2, 0) is 0 Å². The first kappa shape index (κ1) is 12.8. The number of thiophene rings is 1. The van der Waals surface area contributed by atoms with E-state index in [0.717, 1.165) is 16.9 Å². The van der Waals surface area contributed by atoms with Crippen molar-refractivity contribution >= 4 is 17.1 Å². The molecule has 0 radical (unpaired) electrons. The van der Waals surface area contributed by atoms with Crippen molar-refractivity contribution in [2.75, 3.05) is 0 Å². The number of ether oxygens (including phenoxy) is 1. The Morgan fingerprint density at radius 1 is 1.28 bits per heavy atom. The molecule has 0 spiro atoms. The van der Waals surface area contributed by atoms with Crippen molar-refractivity contribution in [1.82, 2.24) is 0 Å². The summed E-state index contributed by atoms with van der Waals surface area (Å²) in [6.07, 6.45) is 0.109. The molecule has 0 amide bonds. The lowest BCUT2D eigenvalue weighted by Gasteiger charge is -2.10. The fourth-order valence-electron chi connectivity index (χ4n) is 1.73. The highest BCUT2D eigenvalue weighted by Crippen LogP contribution is 2.21. The number of rotatable bonds is 4. The second kappa shape index (κ2) is 5.36. The van der Waals surface area contributed by atoms with Crippen LogP contribution in [0.15, 0.2) is 35.0 Å². The third-order valence-corrected chi connectivity index (χ3v) is 3.43. The molecule has 1 heterocycles. The third kappa shape index (κ3) is 2.79. The van der Waals surface area contributed by atoms with Crippen LogP contribution in [0.1, 0.15) is 35.3 Å². The van der Waals surface area contributed by atoms with Crippen LogP contribution in [0.25, 0.3) is 0 Å². The summed E-state index contributed by atoms with van der Waals surface area (Å²) in [5.41, 5.74) is 2.48. The molecule has 2 rings (SSSR count). The average Bonchev–Trinajstić information content (AvgIpc) is 2.74. The van der Waals surface area contributed by atoms with E-state index in [4.69, 9.17) is 4.74 Å². The molecule has 0 aliphatic carbocycles. The van der Waals surface area contributed by atoms with Gasteiger partial charge in [0.2, 0.25) is 0 Å². The minimum atomic E-state index is 0.0583. The molecule has 0 bridgehead atoms. The molecular formula is C15H16O2S. The molecule has 18 heavy (non-hydrogen) atoms. The summed E-state index contributed by atoms with van der Waals surface area (Å²) in [5, 5.41) is 3.88. The summed E-state index contributed by atoms with van der Waals surface area (Å²) in [6, 6.07) is 7.36. The second-order valence-electron chi connectivity index (χ2n) is 4.49. The molecule has 0 atom stereocenters. The summed E-state index contributed by atoms with van der Waals surface area (Å²) >= 11 is 1.55. The van der Waals surface area contributed by atoms with Crippen molar-refractivity contribution in [2.24, 2.45) is 0 Å². The quantitative estimate of drug-likeness (QED) is 0.774. The van der Waals surface area contributed by atoms with E-state index in [2.05, 4.69) is 0 Å². The van der Waals surface area contributed by atoms with Crippen LogP contribution in [0.3, 0.4) is 0 Å². The predicted octanol–water partition coefficient (Wildman–Crippen LogP) is 4.07. The van der Waals surface area contributed by atoms with Gasteiger partial charge in [0.1, 0.15) is 5.75 Å². The van der Waals surface area contributed by atoms with Gasteiger partial charge in [-0.3, -0.25) is 4.79 Å². The molecule has 0 aliphatic heterocycles. The lowest BCUT2D eigenvalue weighted by molar-refractivity contribution is 0.103. The van der Waals surface area contributed by atoms with E-state index in [1.807, 2.05) is 49.7 Å². The van der Waals surface area contributed by atoms with E-state index in [1.165, 1.54) is 0 Å². The zero-order valence-corrected chi connectivity index (χ0v) is 11.6. The Labute approximate surface area is 111 Å². The first-order chi connectivity index (χ1) is 8.58. The molecule has 0 fully saturated rings. The van der Waals surface area contributed by atoms with Crippen LogP contribution < -0.4 is 4.74 Å². The standard InChI is InChI=1S/C15H16O2S/c1-10(2)17-13-6-4-5-12(7-13)15(16)14-9-18-8-11(14)3/h4-10H,1-3H3. The Kier molecular flexibility index (Phi) is 3.82. The van der Waals surface area contributed by atoms with Crippen molar-refractivity contribution < 1.29 is 9.53 Å². The Morgan fingerprint density at radius 2 is 2.06 bits per heavy atom. The highest BCUT2D eigenvalue weighted by atomic mass is 32.1. The maximum absolute atomic E-state index is 12.3. The van der Waals surface area contributed by atoms with E-state index in [0.29, 0.717) is 5.56 Å². The zero-order valence-electron chi connectivity index (χ0n) is 10.8. The van der Waals surface area contributed by atoms with E-state index in [-0.39, 0.29) is 11.9 Å². The fraction of sp³-hybridized carbons (Fsp3) is 0.267. The van der Waals surface area contributed by atoms with Gasteiger partial charge in [-0.1, -0.05) is 12.1 Å². The van der Waals surface area contributed by atoms with Crippen molar-refractivity contribution in [3.05, 3.63) is 51.7 Å². The smallest absolute Gasteiger partial charge is 0.194 e. The van der Waals surface area contributed by atoms with Crippen LogP contribution in [0.4, 0.5) is 0 Å². The molecule has 0 aliphatic rings. The van der Waals surface area contributed by atoms with Crippen LogP contribution in [0, 0.1) is 6.92 Å². The molecule has 3 heteroatoms. The van der Waals surface area contributed by atoms with Gasteiger partial charge in [-0.15, -0.1) is 0 Å². The summed E-state index contributed by atoms with van der Waals surface area (Å²) in [5.74, 6) is 0.798. The van der Waals surface area contributed by atoms with E-state index >= 15 is 0 Å². The SMILES string of the molecule is Cc1cscc1C(=O)c1cccc(OC(C)C)c1. The molecule has 1 aromatic heterocycles. The maximum atomic E-state index is 12.3. The van der Waals surface area contributed by atoms with Crippen molar-refractivity contribution in [2.45, 2.75) is 26.9 Å². The summed E-state index contributed by atoms with van der Waals surface area (Å²) < 4.78 is 5.60. The van der Waals surface area contributed by atoms with Crippen LogP contribution in [0.2, 0.25) is 0 Å². The summed E-state index contributed by atoms with van der Waals surface area (Å²) in [7, 11) is 0. The first-order valence-corrected chi connectivity index (χ1v) is 6.86. The number of carbonyl (C=O) groups is 1. The topological polar surface area (TPSA) is 26.3 Å². The fourth-order valence-corrected chi connectivity index (χ4v) is 2.56. The van der Waals surface area contributed by atoms with Crippen LogP contribution in [0.5, 0.6) is 5.75 Å². The molecule has 0 N–H and O–H groups in total. The van der Waals surface area contributed by atoms with Crippen molar-refractivity contribution in [1.29, 1.82) is 0 Å². The number of ketones is 1. The van der Waals surface area contributed by atoms with Crippen molar-refractivity contribution in [3.8, 4) is 5.75 Å². The monoisotopic (exact) mass is 260 g/mol. The van der Waals surface area contributed by atoms with Gasteiger partial charge in [0.15, 0.2) is 5.78 Å². The average molecular weight is 260 g/mol. The van der Waals surface area contributed by atoms with E-state index in [9.17, 15) is 4.79 Å². The number of carbonyl (C=O) groups excluding carboxylic acids is 1. The van der Waals surface area contributed by atoms with E-state index in [1.54, 1.807) is 17.4 Å². The molecule has 0 saturated carbocycles. The largest absolute Gasteiger partial charge is 0.491 e. The van der Waals surface area contributed by atoms with Gasteiger partial charge in [0, 0.05) is 16.5 Å². The maximum Gasteiger partial charge on any atom is 0.194 e. The molecule has 0 unspecified atom stereocenters. The number of hydrogen-bond acceptors (Lipinski definition) is 3. The summed E-state index contributed by atoms with van der Waals surface area (Å²) in [4.78, 5) is 12.3. The third-order valence-electron chi connectivity index (χ3n) is 2.57. The molecular weight excluding hydrogens is 244 g/mol. The Morgan fingerprint density at radius 3 is 2.67 bits per heavy atom. The highest BCUT2D eigenvalue weighted by molar-refractivity contribution is 7.08. The van der Waals surface area contributed by atoms with Crippen molar-refractivity contribution in [3.63, 3.8) is 0 Å². The Balaban J connectivity index is 2.29. The van der Waals surface area contributed by atoms with Crippen LogP contribution in [-0.4, -0.2) is 11.9 Å². The van der Waals surface area contributed by atoms with Gasteiger partial charge in [-0.25, -0.2) is 0 Å². The number of benzene rings is 1. The van der Waals surface area contributed by atoms with Gasteiger partial charge in [-0.05, 0) is 43.8 Å². The van der Waals surface area contributed by atoms with Gasteiger partial charge in [0.05, 0.1) is 6.10 Å². The number of hydrogen-bond donors (Lipinski definition) is 0. The lowest BCUT2D eigenvalue weighted by Crippen LogP contribution is -2.07. The van der Waals surface area contributed by atoms with E-state index < -0.39 is 0 Å². The molecule has 94 valence electrons. The minimum Gasteiger partial charge on any atom is -0.491 e. The summed E-state index contributed by atoms with van der Waals surface area (Å²) in [6.45, 7) is 5.90. The highest BCUT2D eigenvalue weighted by Gasteiger charge is 2.13. The molecule has 0 saturated heterocycles. The lowest BCUT2D eigenvalue weighted by atomic mass is 10.0. The first-order valence-electron chi connectivity index (χ1n) is 5.92. The predicted molar refractivity (Wildman–Crippen MR) is 74.7 cm³/mol. The Hall–Kier alpha value is -1.61. The molecule has 1 aromatic carbocycles. The van der Waals surface area contributed by atoms with Gasteiger partial charge < -0.3 is 4.74 Å². The van der Waals surface area contributed by atoms with Crippen LogP contribution >= 0.6 is 11.3 Å².